The van der Waals surface area contributed by atoms with E-state index in [2.05, 4.69) is 4.98 Å². The zero-order valence-electron chi connectivity index (χ0n) is 7.58. The van der Waals surface area contributed by atoms with Crippen LogP contribution in [0.3, 0.4) is 0 Å². The van der Waals surface area contributed by atoms with Crippen molar-refractivity contribution in [2.75, 3.05) is 0 Å². The molecule has 0 bridgehead atoms. The van der Waals surface area contributed by atoms with Crippen molar-refractivity contribution in [3.05, 3.63) is 40.7 Å². The van der Waals surface area contributed by atoms with Crippen LogP contribution in [0.5, 0.6) is 0 Å². The quantitative estimate of drug-likeness (QED) is 0.616. The minimum absolute atomic E-state index is 0.364. The highest BCUT2D eigenvalue weighted by atomic mass is 35.5. The van der Waals surface area contributed by atoms with Crippen molar-refractivity contribution in [2.24, 2.45) is 0 Å². The Balaban J connectivity index is 2.96. The third kappa shape index (κ3) is 1.32. The van der Waals surface area contributed by atoms with Crippen molar-refractivity contribution in [2.45, 2.75) is 6.92 Å². The maximum Gasteiger partial charge on any atom is 0.150 e. The van der Waals surface area contributed by atoms with E-state index in [4.69, 9.17) is 16.9 Å². The molecule has 68 valence electrons. The number of hydrogen-bond donors (Lipinski definition) is 0. The molecule has 0 aliphatic heterocycles. The number of rotatable bonds is 0. The van der Waals surface area contributed by atoms with Gasteiger partial charge in [-0.05, 0) is 23.9 Å². The molecule has 0 spiro atoms. The van der Waals surface area contributed by atoms with Gasteiger partial charge in [-0.1, -0.05) is 29.8 Å². The van der Waals surface area contributed by atoms with E-state index in [0.717, 1.165) is 16.3 Å². The molecule has 2 aromatic rings. The van der Waals surface area contributed by atoms with Gasteiger partial charge in [0, 0.05) is 5.39 Å². The van der Waals surface area contributed by atoms with E-state index < -0.39 is 0 Å². The molecule has 0 fully saturated rings. The number of aryl methyl sites for hydroxylation is 1. The number of nitriles is 1. The Hall–Kier alpha value is -1.59. The lowest BCUT2D eigenvalue weighted by atomic mass is 10.1. The van der Waals surface area contributed by atoms with Crippen LogP contribution in [-0.2, 0) is 0 Å². The summed E-state index contributed by atoms with van der Waals surface area (Å²) in [5.41, 5.74) is 1.49. The van der Waals surface area contributed by atoms with Gasteiger partial charge in [0.2, 0.25) is 0 Å². The maximum atomic E-state index is 8.88. The van der Waals surface area contributed by atoms with Crippen LogP contribution in [-0.4, -0.2) is 4.98 Å². The summed E-state index contributed by atoms with van der Waals surface area (Å²) in [5, 5.41) is 11.1. The molecule has 0 saturated heterocycles. The van der Waals surface area contributed by atoms with Crippen LogP contribution < -0.4 is 0 Å². The van der Waals surface area contributed by atoms with E-state index in [1.54, 1.807) is 6.07 Å². The number of benzene rings is 1. The van der Waals surface area contributed by atoms with E-state index in [1.807, 2.05) is 31.2 Å². The van der Waals surface area contributed by atoms with Crippen LogP contribution in [0.4, 0.5) is 0 Å². The topological polar surface area (TPSA) is 36.7 Å². The summed E-state index contributed by atoms with van der Waals surface area (Å²) in [6.45, 7) is 1.99. The normalized spacial score (nSPS) is 10.1. The molecule has 0 aliphatic rings. The molecule has 2 rings (SSSR count). The van der Waals surface area contributed by atoms with Crippen molar-refractivity contribution in [1.29, 1.82) is 5.26 Å². The predicted molar refractivity (Wildman–Crippen MR) is 56.2 cm³/mol. The second-order valence-corrected chi connectivity index (χ2v) is 3.46. The molecule has 0 unspecified atom stereocenters. The van der Waals surface area contributed by atoms with Gasteiger partial charge < -0.3 is 0 Å². The van der Waals surface area contributed by atoms with Crippen LogP contribution in [0.25, 0.3) is 10.8 Å². The van der Waals surface area contributed by atoms with E-state index >= 15 is 0 Å². The summed E-state index contributed by atoms with van der Waals surface area (Å²) in [6.07, 6.45) is 0. The molecular formula is C11H7ClN2. The maximum absolute atomic E-state index is 8.88. The minimum atomic E-state index is 0.364. The SMILES string of the molecule is Cc1cccc2c(C#N)nc(Cl)cc12. The van der Waals surface area contributed by atoms with Crippen molar-refractivity contribution in [1.82, 2.24) is 4.98 Å². The third-order valence-electron chi connectivity index (χ3n) is 2.17. The van der Waals surface area contributed by atoms with Crippen LogP contribution in [0.15, 0.2) is 24.3 Å². The first-order valence-electron chi connectivity index (χ1n) is 4.18. The summed E-state index contributed by atoms with van der Waals surface area (Å²) in [4.78, 5) is 3.97. The predicted octanol–water partition coefficient (Wildman–Crippen LogP) is 3.07. The highest BCUT2D eigenvalue weighted by Crippen LogP contribution is 2.23. The zero-order chi connectivity index (χ0) is 10.1. The Bertz CT molecular complexity index is 541. The molecule has 0 saturated carbocycles. The highest BCUT2D eigenvalue weighted by molar-refractivity contribution is 6.30. The van der Waals surface area contributed by atoms with Gasteiger partial charge in [-0.25, -0.2) is 4.98 Å². The summed E-state index contributed by atoms with van der Waals surface area (Å²) in [6, 6.07) is 9.60. The number of hydrogen-bond acceptors (Lipinski definition) is 2. The molecular weight excluding hydrogens is 196 g/mol. The van der Waals surface area contributed by atoms with Gasteiger partial charge in [-0.3, -0.25) is 0 Å². The minimum Gasteiger partial charge on any atom is -0.225 e. The lowest BCUT2D eigenvalue weighted by molar-refractivity contribution is 1.29. The Morgan fingerprint density at radius 2 is 2.14 bits per heavy atom. The van der Waals surface area contributed by atoms with Crippen molar-refractivity contribution in [3.8, 4) is 6.07 Å². The van der Waals surface area contributed by atoms with E-state index in [1.165, 1.54) is 0 Å². The average molecular weight is 203 g/mol. The monoisotopic (exact) mass is 202 g/mol. The fraction of sp³-hybridized carbons (Fsp3) is 0.0909. The van der Waals surface area contributed by atoms with E-state index in [-0.39, 0.29) is 0 Å². The molecule has 1 aromatic heterocycles. The average Bonchev–Trinajstić information content (AvgIpc) is 2.18. The molecule has 0 N–H and O–H groups in total. The van der Waals surface area contributed by atoms with Gasteiger partial charge in [0.05, 0.1) is 0 Å². The van der Waals surface area contributed by atoms with Gasteiger partial charge in [-0.2, -0.15) is 5.26 Å². The number of fused-ring (bicyclic) bond motifs is 1. The molecule has 14 heavy (non-hydrogen) atoms. The Labute approximate surface area is 86.8 Å². The van der Waals surface area contributed by atoms with Crippen molar-refractivity contribution < 1.29 is 0 Å². The van der Waals surface area contributed by atoms with Crippen LogP contribution in [0, 0.1) is 18.3 Å². The smallest absolute Gasteiger partial charge is 0.150 e. The van der Waals surface area contributed by atoms with Gasteiger partial charge in [-0.15, -0.1) is 0 Å². The summed E-state index contributed by atoms with van der Waals surface area (Å²) in [5.74, 6) is 0. The first-order chi connectivity index (χ1) is 6.72. The van der Waals surface area contributed by atoms with Crippen molar-refractivity contribution in [3.63, 3.8) is 0 Å². The second-order valence-electron chi connectivity index (χ2n) is 3.08. The summed E-state index contributed by atoms with van der Waals surface area (Å²) in [7, 11) is 0. The molecule has 2 nitrogen and oxygen atoms in total. The van der Waals surface area contributed by atoms with Crippen LogP contribution in [0.2, 0.25) is 5.15 Å². The number of aromatic nitrogens is 1. The molecule has 1 aromatic carbocycles. The Kier molecular flexibility index (Phi) is 2.11. The summed E-state index contributed by atoms with van der Waals surface area (Å²) >= 11 is 5.81. The molecule has 1 heterocycles. The lowest BCUT2D eigenvalue weighted by Crippen LogP contribution is -1.88. The molecule has 0 atom stereocenters. The summed E-state index contributed by atoms with van der Waals surface area (Å²) < 4.78 is 0. The molecule has 3 heteroatoms. The highest BCUT2D eigenvalue weighted by Gasteiger charge is 2.05. The third-order valence-corrected chi connectivity index (χ3v) is 2.36. The lowest BCUT2D eigenvalue weighted by Gasteiger charge is -2.03. The van der Waals surface area contributed by atoms with Crippen LogP contribution >= 0.6 is 11.6 Å². The van der Waals surface area contributed by atoms with Gasteiger partial charge in [0.1, 0.15) is 16.9 Å². The first-order valence-corrected chi connectivity index (χ1v) is 4.56. The number of pyridine rings is 1. The largest absolute Gasteiger partial charge is 0.225 e. The zero-order valence-corrected chi connectivity index (χ0v) is 8.34. The van der Waals surface area contributed by atoms with E-state index in [0.29, 0.717) is 10.8 Å². The number of halogens is 1. The standard InChI is InChI=1S/C11H7ClN2/c1-7-3-2-4-8-9(7)5-11(12)14-10(8)6-13/h2-5H,1H3. The van der Waals surface area contributed by atoms with Gasteiger partial charge >= 0.3 is 0 Å². The molecule has 0 radical (unpaired) electrons. The number of nitrogens with zero attached hydrogens (tertiary/aromatic N) is 2. The first kappa shape index (κ1) is 8.98. The fourth-order valence-corrected chi connectivity index (χ4v) is 1.68. The fourth-order valence-electron chi connectivity index (χ4n) is 1.48. The second kappa shape index (κ2) is 3.28. The van der Waals surface area contributed by atoms with Gasteiger partial charge in [0.15, 0.2) is 0 Å². The molecule has 0 aliphatic carbocycles. The van der Waals surface area contributed by atoms with Crippen molar-refractivity contribution >= 4 is 22.4 Å². The Morgan fingerprint density at radius 3 is 2.86 bits per heavy atom. The Morgan fingerprint density at radius 1 is 1.36 bits per heavy atom. The van der Waals surface area contributed by atoms with E-state index in [9.17, 15) is 0 Å². The van der Waals surface area contributed by atoms with Gasteiger partial charge in [0.25, 0.3) is 0 Å². The van der Waals surface area contributed by atoms with Crippen LogP contribution in [0.1, 0.15) is 11.3 Å². The molecule has 0 amide bonds.